The van der Waals surface area contributed by atoms with Crippen LogP contribution in [-0.2, 0) is 0 Å². The molecule has 1 amide bonds. The summed E-state index contributed by atoms with van der Waals surface area (Å²) in [6.07, 6.45) is 0. The van der Waals surface area contributed by atoms with Crippen molar-refractivity contribution in [2.45, 2.75) is 13.8 Å². The van der Waals surface area contributed by atoms with E-state index < -0.39 is 0 Å². The minimum Gasteiger partial charge on any atom is -0.332 e. The summed E-state index contributed by atoms with van der Waals surface area (Å²) in [4.78, 5) is 12.2. The highest BCUT2D eigenvalue weighted by Crippen LogP contribution is 2.19. The molecule has 0 unspecified atom stereocenters. The number of halogens is 2. The molecule has 2 aromatic carbocycles. The highest BCUT2D eigenvalue weighted by atomic mass is 127. The molecule has 3 nitrogen and oxygen atoms in total. The summed E-state index contributed by atoms with van der Waals surface area (Å²) in [6.45, 7) is 4.06. The summed E-state index contributed by atoms with van der Waals surface area (Å²) < 4.78 is 0.931. The number of nitrogens with one attached hydrogen (secondary N) is 2. The van der Waals surface area contributed by atoms with E-state index >= 15 is 0 Å². The fourth-order valence-corrected chi connectivity index (χ4v) is 2.73. The van der Waals surface area contributed by atoms with E-state index in [1.165, 1.54) is 5.56 Å². The lowest BCUT2D eigenvalue weighted by atomic mass is 10.1. The predicted octanol–water partition coefficient (Wildman–Crippen LogP) is 4.69. The summed E-state index contributed by atoms with van der Waals surface area (Å²) in [5.74, 6) is -0.329. The highest BCUT2D eigenvalue weighted by molar-refractivity contribution is 14.1. The molecule has 0 aliphatic heterocycles. The van der Waals surface area contributed by atoms with Gasteiger partial charge in [-0.05, 0) is 90.1 Å². The minimum atomic E-state index is -0.329. The van der Waals surface area contributed by atoms with E-state index in [1.807, 2.05) is 38.1 Å². The predicted molar refractivity (Wildman–Crippen MR) is 104 cm³/mol. The molecule has 0 bridgehead atoms. The fourth-order valence-electron chi connectivity index (χ4n) is 1.82. The Morgan fingerprint density at radius 1 is 1.14 bits per heavy atom. The van der Waals surface area contributed by atoms with Gasteiger partial charge in [0.1, 0.15) is 0 Å². The second-order valence-electron chi connectivity index (χ2n) is 4.83. The maximum absolute atomic E-state index is 12.2. The summed E-state index contributed by atoms with van der Waals surface area (Å²) in [7, 11) is 0. The Labute approximate surface area is 153 Å². The minimum absolute atomic E-state index is 0.239. The summed E-state index contributed by atoms with van der Waals surface area (Å²) in [6, 6.07) is 11.1. The first-order valence-corrected chi connectivity index (χ1v) is 8.38. The van der Waals surface area contributed by atoms with Gasteiger partial charge >= 0.3 is 0 Å². The van der Waals surface area contributed by atoms with Gasteiger partial charge in [0.05, 0.1) is 10.6 Å². The van der Waals surface area contributed by atoms with Gasteiger partial charge in [0.2, 0.25) is 0 Å². The number of carbonyl (C=O) groups is 1. The Balaban J connectivity index is 2.06. The third kappa shape index (κ3) is 4.41. The van der Waals surface area contributed by atoms with Crippen LogP contribution in [-0.4, -0.2) is 11.0 Å². The lowest BCUT2D eigenvalue weighted by Crippen LogP contribution is -2.34. The standard InChI is InChI=1S/C16H14ClIN2OS/c1-9-3-5-12(7-10(9)2)19-16(22)20-15(21)13-8-11(18)4-6-14(13)17/h3-8H,1-2H3,(H2,19,20,21,22). The first-order chi connectivity index (χ1) is 10.4. The van der Waals surface area contributed by atoms with Crippen molar-refractivity contribution in [3.8, 4) is 0 Å². The molecule has 6 heteroatoms. The molecule has 114 valence electrons. The average Bonchev–Trinajstić information content (AvgIpc) is 2.45. The van der Waals surface area contributed by atoms with Crippen LogP contribution < -0.4 is 10.6 Å². The molecule has 0 aliphatic carbocycles. The Hall–Kier alpha value is -1.18. The second kappa shape index (κ2) is 7.39. The second-order valence-corrected chi connectivity index (χ2v) is 6.89. The molecule has 0 heterocycles. The number of carbonyl (C=O) groups excluding carboxylic acids is 1. The molecule has 0 fully saturated rings. The third-order valence-electron chi connectivity index (χ3n) is 3.16. The fraction of sp³-hybridized carbons (Fsp3) is 0.125. The number of anilines is 1. The van der Waals surface area contributed by atoms with E-state index in [0.717, 1.165) is 14.8 Å². The quantitative estimate of drug-likeness (QED) is 0.522. The molecule has 22 heavy (non-hydrogen) atoms. The number of hydrogen-bond donors (Lipinski definition) is 2. The van der Waals surface area contributed by atoms with E-state index in [-0.39, 0.29) is 11.0 Å². The Morgan fingerprint density at radius 3 is 2.55 bits per heavy atom. The summed E-state index contributed by atoms with van der Waals surface area (Å²) in [5.41, 5.74) is 3.59. The van der Waals surface area contributed by atoms with Gasteiger partial charge in [-0.1, -0.05) is 17.7 Å². The largest absolute Gasteiger partial charge is 0.332 e. The topological polar surface area (TPSA) is 41.1 Å². The van der Waals surface area contributed by atoms with Gasteiger partial charge in [-0.15, -0.1) is 0 Å². The first kappa shape index (κ1) is 17.2. The zero-order valence-electron chi connectivity index (χ0n) is 12.0. The van der Waals surface area contributed by atoms with Crippen LogP contribution in [0.5, 0.6) is 0 Å². The lowest BCUT2D eigenvalue weighted by Gasteiger charge is -2.11. The summed E-state index contributed by atoms with van der Waals surface area (Å²) in [5, 5.41) is 6.27. The van der Waals surface area contributed by atoms with Crippen molar-refractivity contribution in [1.82, 2.24) is 5.32 Å². The van der Waals surface area contributed by atoms with Crippen molar-refractivity contribution in [3.63, 3.8) is 0 Å². The number of amides is 1. The van der Waals surface area contributed by atoms with Crippen LogP contribution in [0.25, 0.3) is 0 Å². The van der Waals surface area contributed by atoms with Gasteiger partial charge in [-0.2, -0.15) is 0 Å². The van der Waals surface area contributed by atoms with Gasteiger partial charge < -0.3 is 5.32 Å². The van der Waals surface area contributed by atoms with Crippen molar-refractivity contribution in [1.29, 1.82) is 0 Å². The van der Waals surface area contributed by atoms with Crippen LogP contribution in [0.1, 0.15) is 21.5 Å². The molecule has 0 radical (unpaired) electrons. The normalized spacial score (nSPS) is 10.2. The van der Waals surface area contributed by atoms with Crippen LogP contribution in [0.3, 0.4) is 0 Å². The molecule has 2 N–H and O–H groups in total. The van der Waals surface area contributed by atoms with Crippen molar-refractivity contribution in [2.24, 2.45) is 0 Å². The van der Waals surface area contributed by atoms with E-state index in [2.05, 4.69) is 33.2 Å². The van der Waals surface area contributed by atoms with E-state index in [1.54, 1.807) is 12.1 Å². The molecule has 0 spiro atoms. The number of thiocarbonyl (C=S) groups is 1. The zero-order valence-corrected chi connectivity index (χ0v) is 15.8. The maximum atomic E-state index is 12.2. The van der Waals surface area contributed by atoms with E-state index in [4.69, 9.17) is 23.8 Å². The number of rotatable bonds is 2. The molecule has 2 aromatic rings. The zero-order chi connectivity index (χ0) is 16.3. The summed E-state index contributed by atoms with van der Waals surface area (Å²) >= 11 is 13.3. The van der Waals surface area contributed by atoms with E-state index in [9.17, 15) is 4.79 Å². The smallest absolute Gasteiger partial charge is 0.258 e. The SMILES string of the molecule is Cc1ccc(NC(=S)NC(=O)c2cc(I)ccc2Cl)cc1C. The molecule has 0 aromatic heterocycles. The first-order valence-electron chi connectivity index (χ1n) is 6.51. The van der Waals surface area contributed by atoms with Gasteiger partial charge in [0.15, 0.2) is 5.11 Å². The van der Waals surface area contributed by atoms with Gasteiger partial charge in [0, 0.05) is 9.26 Å². The van der Waals surface area contributed by atoms with Crippen LogP contribution in [0.4, 0.5) is 5.69 Å². The van der Waals surface area contributed by atoms with Gasteiger partial charge in [0.25, 0.3) is 5.91 Å². The van der Waals surface area contributed by atoms with Crippen molar-refractivity contribution in [2.75, 3.05) is 5.32 Å². The Morgan fingerprint density at radius 2 is 1.86 bits per heavy atom. The Bertz CT molecular complexity index is 749. The molecule has 0 saturated carbocycles. The van der Waals surface area contributed by atoms with Gasteiger partial charge in [-0.3, -0.25) is 10.1 Å². The van der Waals surface area contributed by atoms with Crippen LogP contribution in [0.15, 0.2) is 36.4 Å². The third-order valence-corrected chi connectivity index (χ3v) is 4.37. The van der Waals surface area contributed by atoms with Crippen LogP contribution >= 0.6 is 46.4 Å². The molecule has 2 rings (SSSR count). The number of benzene rings is 2. The van der Waals surface area contributed by atoms with E-state index in [0.29, 0.717) is 10.6 Å². The molecule has 0 aliphatic rings. The maximum Gasteiger partial charge on any atom is 0.258 e. The van der Waals surface area contributed by atoms with Gasteiger partial charge in [-0.25, -0.2) is 0 Å². The van der Waals surface area contributed by atoms with Crippen LogP contribution in [0, 0.1) is 17.4 Å². The Kier molecular flexibility index (Phi) is 5.77. The molecular formula is C16H14ClIN2OS. The van der Waals surface area contributed by atoms with Crippen molar-refractivity contribution in [3.05, 3.63) is 61.7 Å². The van der Waals surface area contributed by atoms with Crippen molar-refractivity contribution >= 4 is 63.1 Å². The highest BCUT2D eigenvalue weighted by Gasteiger charge is 2.12. The average molecular weight is 445 g/mol. The van der Waals surface area contributed by atoms with Crippen LogP contribution in [0.2, 0.25) is 5.02 Å². The van der Waals surface area contributed by atoms with Crippen molar-refractivity contribution < 1.29 is 4.79 Å². The molecule has 0 saturated heterocycles. The molecular weight excluding hydrogens is 431 g/mol. The number of aryl methyl sites for hydroxylation is 2. The molecule has 0 atom stereocenters. The monoisotopic (exact) mass is 444 g/mol. The number of hydrogen-bond acceptors (Lipinski definition) is 2. The lowest BCUT2D eigenvalue weighted by molar-refractivity contribution is 0.0978.